The minimum Gasteiger partial charge on any atom is -0.390 e. The van der Waals surface area contributed by atoms with E-state index in [4.69, 9.17) is 28.9 Å². The molecule has 0 bridgehead atoms. The first kappa shape index (κ1) is 66.7. The fraction of sp³-hybridized carbons (Fsp3) is 0.338. The van der Waals surface area contributed by atoms with Crippen LogP contribution in [0.25, 0.3) is 65.8 Å². The van der Waals surface area contributed by atoms with Crippen LogP contribution in [-0.2, 0) is 0 Å². The largest absolute Gasteiger partial charge is 0.390 e. The maximum Gasteiger partial charge on any atom is 0.143 e. The highest BCUT2D eigenvalue weighted by atomic mass is 79.9. The van der Waals surface area contributed by atoms with E-state index in [9.17, 15) is 30.6 Å². The van der Waals surface area contributed by atoms with Gasteiger partial charge < -0.3 is 50.1 Å². The maximum absolute atomic E-state index is 11.2. The third kappa shape index (κ3) is 11.5. The van der Waals surface area contributed by atoms with Crippen LogP contribution in [0, 0.1) is 37.0 Å². The number of nitrogen functional groups attached to an aromatic ring is 1. The minimum absolute atomic E-state index is 0.130. The molecule has 5 aliphatic carbocycles. The molecule has 10 heterocycles. The van der Waals surface area contributed by atoms with E-state index in [1.54, 1.807) is 19.0 Å². The molecule has 0 radical (unpaired) electrons. The first-order valence-corrected chi connectivity index (χ1v) is 37.1. The van der Waals surface area contributed by atoms with Gasteiger partial charge in [0.25, 0.3) is 0 Å². The lowest BCUT2D eigenvalue weighted by Gasteiger charge is -2.27. The molecular weight excluding hydrogens is 1510 g/mol. The van der Waals surface area contributed by atoms with Gasteiger partial charge in [0, 0.05) is 90.0 Å². The summed E-state index contributed by atoms with van der Waals surface area (Å²) in [5, 5.41) is 73.8. The van der Waals surface area contributed by atoms with Crippen LogP contribution >= 0.6 is 82.8 Å². The van der Waals surface area contributed by atoms with Gasteiger partial charge in [-0.2, -0.15) is 11.8 Å². The second kappa shape index (κ2) is 25.6. The molecule has 1 aliphatic heterocycles. The van der Waals surface area contributed by atoms with E-state index in [1.165, 1.54) is 5.56 Å². The second-order valence-electron chi connectivity index (χ2n) is 27.8. The third-order valence-corrected chi connectivity index (χ3v) is 26.6. The Kier molecular flexibility index (Phi) is 17.2. The maximum atomic E-state index is 11.2. The van der Waals surface area contributed by atoms with Crippen molar-refractivity contribution in [3.8, 4) is 0 Å². The Labute approximate surface area is 608 Å². The molecule has 0 unspecified atom stereocenters. The van der Waals surface area contributed by atoms with E-state index in [0.29, 0.717) is 35.4 Å². The van der Waals surface area contributed by atoms with Crippen molar-refractivity contribution < 1.29 is 30.6 Å². The Morgan fingerprint density at radius 2 is 0.859 bits per heavy atom. The van der Waals surface area contributed by atoms with Crippen molar-refractivity contribution in [2.24, 2.45) is 16.2 Å². The van der Waals surface area contributed by atoms with Gasteiger partial charge in [0.15, 0.2) is 0 Å². The van der Waals surface area contributed by atoms with Crippen molar-refractivity contribution in [1.29, 1.82) is 0 Å². The number of nitrogens with zero attached hydrogens (tertiary/aromatic N) is 12. The molecule has 25 heteroatoms. The van der Waals surface area contributed by atoms with Crippen LogP contribution in [0.4, 0.5) is 5.82 Å². The van der Waals surface area contributed by atoms with Crippen molar-refractivity contribution in [2.75, 3.05) is 11.5 Å². The fourth-order valence-electron chi connectivity index (χ4n) is 16.8. The van der Waals surface area contributed by atoms with E-state index >= 15 is 0 Å². The number of nitrogens with two attached hydrogens (primary N) is 1. The number of aryl methyl sites for hydroxylation is 3. The van der Waals surface area contributed by atoms with Crippen molar-refractivity contribution in [3.05, 3.63) is 210 Å². The predicted molar refractivity (Wildman–Crippen MR) is 397 cm³/mol. The number of rotatable bonds is 6. The van der Waals surface area contributed by atoms with Crippen molar-refractivity contribution in [1.82, 2.24) is 58.6 Å². The van der Waals surface area contributed by atoms with Gasteiger partial charge >= 0.3 is 0 Å². The predicted octanol–water partition coefficient (Wildman–Crippen LogP) is 14.4. The molecule has 0 amide bonds. The molecule has 3 spiro atoms. The van der Waals surface area contributed by atoms with Gasteiger partial charge in [-0.1, -0.05) is 83.9 Å². The zero-order valence-electron chi connectivity index (χ0n) is 53.7. The lowest BCUT2D eigenvalue weighted by molar-refractivity contribution is -0.0204. The first-order chi connectivity index (χ1) is 47.6. The van der Waals surface area contributed by atoms with Gasteiger partial charge in [0.1, 0.15) is 70.4 Å². The topological polar surface area (TPSA) is 278 Å². The number of halogens is 5. The highest BCUT2D eigenvalue weighted by Crippen LogP contribution is 2.61. The highest BCUT2D eigenvalue weighted by Gasteiger charge is 2.58. The third-order valence-electron chi connectivity index (χ3n) is 22.2. The molecule has 6 aliphatic rings. The lowest BCUT2D eigenvalue weighted by atomic mass is 9.80. The number of aromatic nitrogens is 12. The number of benzene rings is 3. The number of pyridine rings is 3. The molecule has 506 valence electrons. The van der Waals surface area contributed by atoms with E-state index in [2.05, 4.69) is 159 Å². The number of anilines is 1. The van der Waals surface area contributed by atoms with Gasteiger partial charge in [-0.15, -0.1) is 0 Å². The Morgan fingerprint density at radius 3 is 1.31 bits per heavy atom. The monoisotopic (exact) mass is 1570 g/mol. The van der Waals surface area contributed by atoms with Crippen LogP contribution < -0.4 is 5.73 Å². The van der Waals surface area contributed by atoms with E-state index < -0.39 is 47.5 Å². The quantitative estimate of drug-likeness (QED) is 0.0602. The number of allylic oxidation sites excluding steroid dienone is 2. The smallest absolute Gasteiger partial charge is 0.143 e. The summed E-state index contributed by atoms with van der Waals surface area (Å²) in [5.41, 5.74) is 15.7. The number of aliphatic hydroxyl groups is 6. The molecule has 1 saturated heterocycles. The molecule has 99 heavy (non-hydrogen) atoms. The molecule has 4 fully saturated rings. The average molecular weight is 1580 g/mol. The Balaban J connectivity index is 0.000000116. The van der Waals surface area contributed by atoms with Crippen LogP contribution in [-0.4, -0.2) is 132 Å². The molecular formula is C74H68Br3Cl2N13O6S. The average Bonchev–Trinajstić information content (AvgIpc) is 1.69. The molecule has 3 aromatic carbocycles. The van der Waals surface area contributed by atoms with Crippen molar-refractivity contribution >= 4 is 154 Å². The van der Waals surface area contributed by atoms with Gasteiger partial charge in [-0.3, -0.25) is 0 Å². The van der Waals surface area contributed by atoms with Crippen LogP contribution in [0.1, 0.15) is 108 Å². The van der Waals surface area contributed by atoms with E-state index in [-0.39, 0.29) is 40.6 Å². The number of aliphatic hydroxyl groups excluding tert-OH is 6. The molecule has 19 nitrogen and oxygen atoms in total. The number of fused-ring (bicyclic) bond motifs is 6. The summed E-state index contributed by atoms with van der Waals surface area (Å²) in [6.07, 6.45) is 18.2. The van der Waals surface area contributed by atoms with Gasteiger partial charge in [0.05, 0.1) is 83.5 Å². The molecule has 9 aromatic heterocycles. The van der Waals surface area contributed by atoms with Crippen LogP contribution in [0.2, 0.25) is 10.3 Å². The minimum atomic E-state index is -0.881. The van der Waals surface area contributed by atoms with Crippen LogP contribution in [0.5, 0.6) is 0 Å². The van der Waals surface area contributed by atoms with Crippen molar-refractivity contribution in [2.45, 2.75) is 131 Å². The van der Waals surface area contributed by atoms with Crippen LogP contribution in [0.3, 0.4) is 0 Å². The van der Waals surface area contributed by atoms with E-state index in [1.807, 2.05) is 113 Å². The summed E-state index contributed by atoms with van der Waals surface area (Å²) < 4.78 is 8.35. The van der Waals surface area contributed by atoms with Gasteiger partial charge in [0.2, 0.25) is 0 Å². The summed E-state index contributed by atoms with van der Waals surface area (Å²) in [6.45, 7) is 5.85. The molecule has 15 atom stereocenters. The zero-order valence-corrected chi connectivity index (χ0v) is 60.8. The van der Waals surface area contributed by atoms with Crippen LogP contribution in [0.15, 0.2) is 166 Å². The summed E-state index contributed by atoms with van der Waals surface area (Å²) in [5.74, 6) is 1.54. The fourth-order valence-corrected chi connectivity index (χ4v) is 19.8. The summed E-state index contributed by atoms with van der Waals surface area (Å²) in [6, 6.07) is 29.9. The Morgan fingerprint density at radius 1 is 0.465 bits per heavy atom. The normalized spacial score (nSPS) is 29.3. The van der Waals surface area contributed by atoms with Gasteiger partial charge in [-0.25, -0.2) is 44.9 Å². The number of thioether (sulfide) groups is 1. The summed E-state index contributed by atoms with van der Waals surface area (Å²) >= 11 is 24.6. The summed E-state index contributed by atoms with van der Waals surface area (Å²) in [7, 11) is 0. The molecule has 18 rings (SSSR count). The summed E-state index contributed by atoms with van der Waals surface area (Å²) in [4.78, 5) is 39.7. The highest BCUT2D eigenvalue weighted by molar-refractivity contribution is 9.11. The SMILES string of the molecule is Cc1ncnc2c1ccn2[C@@H]1C[C@@]2(C=C[C@@H](c3ccc4cc(Br)c(Cl)nc4c3)C2)[C@@H](O)[C@H]1O.Cc1ncnc2c1ccn2[C@@H]1C[C@@]2(C=C[C@H](c3ccc4cc(Br)c(Cl)nc4c3)C2)[C@@H](O)[C@H]1O.Cc1ncnc2c1ccn2[C@@H]1C[C@@]2(CS[C@@H](c3ccc4cc(Br)c(N)nc4c3)C2)[C@@H](O)[C@H]1O. The van der Waals surface area contributed by atoms with Crippen molar-refractivity contribution in [3.63, 3.8) is 0 Å². The second-order valence-corrected chi connectivity index (χ2v) is 32.3. The first-order valence-electron chi connectivity index (χ1n) is 32.9. The standard InChI is InChI=1S/2C25H22BrClN4O2.C24H24BrN5O2S/c2*1-13-17-5-7-31(24(17)29-12-28-13)20-11-25(22(33)21(20)32)6-4-16(10-25)14-2-3-15-8-18(26)23(27)30-19(15)9-14;1-12-15-4-5-30(23(15)28-11-27-12)18-8-24(21(32)20(18)31)9-19(33-10-24)14-3-2-13-6-16(25)22(26)29-17(13)7-14/h2*2-9,12,16,20-22,32-33H,10-11H2,1H3;2-7,11,18-21,31-32H,8-10H2,1H3,(H2,26,29)/t16-,20+,21-,22-,25-;16-,20-,21+,22+,25+;18-,19-,20+,21+,24-/m011/s1. The molecule has 12 aromatic rings. The lowest BCUT2D eigenvalue weighted by Crippen LogP contribution is -2.36. The Bertz CT molecular complexity index is 5080. The number of hydrogen-bond acceptors (Lipinski definition) is 17. The van der Waals surface area contributed by atoms with E-state index in [0.717, 1.165) is 132 Å². The molecule has 3 saturated carbocycles. The molecule has 8 N–H and O–H groups in total. The zero-order chi connectivity index (χ0) is 68.7. The van der Waals surface area contributed by atoms with Gasteiger partial charge in [-0.05, 0) is 178 Å². The Hall–Kier alpha value is -6.84. The number of hydrogen-bond donors (Lipinski definition) is 7.